The molecule has 0 unspecified atom stereocenters. The maximum Gasteiger partial charge on any atom is 0.350 e. The number of nitrogens with zero attached hydrogens (tertiary/aromatic N) is 7. The smallest absolute Gasteiger partial charge is 0.350 e. The largest absolute Gasteiger partial charge is 0.507 e. The van der Waals surface area contributed by atoms with Crippen LogP contribution in [0.4, 0.5) is 10.2 Å². The van der Waals surface area contributed by atoms with E-state index in [9.17, 15) is 9.90 Å². The zero-order valence-corrected chi connectivity index (χ0v) is 20.6. The molecule has 35 heavy (non-hydrogen) atoms. The molecule has 1 aromatic carbocycles. The first-order valence-electron chi connectivity index (χ1n) is 11.7. The summed E-state index contributed by atoms with van der Waals surface area (Å²) < 4.78 is 17.1. The molecule has 1 aliphatic carbocycles. The van der Waals surface area contributed by atoms with Gasteiger partial charge in [0.1, 0.15) is 18.2 Å². The Morgan fingerprint density at radius 2 is 1.91 bits per heavy atom. The zero-order valence-electron chi connectivity index (χ0n) is 20.6. The van der Waals surface area contributed by atoms with Crippen molar-refractivity contribution in [2.75, 3.05) is 25.5 Å². The van der Waals surface area contributed by atoms with Crippen molar-refractivity contribution in [3.63, 3.8) is 0 Å². The molecule has 10 heteroatoms. The van der Waals surface area contributed by atoms with Crippen molar-refractivity contribution in [1.82, 2.24) is 29.6 Å². The van der Waals surface area contributed by atoms with Gasteiger partial charge in [-0.15, -0.1) is 10.2 Å². The van der Waals surface area contributed by atoms with Gasteiger partial charge in [-0.05, 0) is 51.1 Å². The fourth-order valence-electron chi connectivity index (χ4n) is 5.69. The normalized spacial score (nSPS) is 28.3. The number of phenols is 1. The van der Waals surface area contributed by atoms with Crippen LogP contribution in [0.25, 0.3) is 22.6 Å². The van der Waals surface area contributed by atoms with Crippen LogP contribution in [-0.4, -0.2) is 73.1 Å². The molecule has 3 aromatic rings. The van der Waals surface area contributed by atoms with Gasteiger partial charge in [-0.25, -0.2) is 14.2 Å². The number of hydrogen-bond donors (Lipinski definition) is 1. The van der Waals surface area contributed by atoms with Gasteiger partial charge in [0.2, 0.25) is 0 Å². The lowest BCUT2D eigenvalue weighted by Gasteiger charge is -2.63. The van der Waals surface area contributed by atoms with Crippen molar-refractivity contribution in [2.45, 2.75) is 44.4 Å². The summed E-state index contributed by atoms with van der Waals surface area (Å²) in [5.74, 6) is 0.790. The van der Waals surface area contributed by atoms with Crippen molar-refractivity contribution in [3.05, 3.63) is 47.1 Å². The van der Waals surface area contributed by atoms with Crippen LogP contribution in [0.3, 0.4) is 0 Å². The van der Waals surface area contributed by atoms with Crippen LogP contribution < -0.4 is 10.6 Å². The minimum atomic E-state index is -1.01. The van der Waals surface area contributed by atoms with E-state index in [1.165, 1.54) is 17.0 Å². The maximum atomic E-state index is 15.8. The Hall–Kier alpha value is -3.40. The summed E-state index contributed by atoms with van der Waals surface area (Å²) in [5.41, 5.74) is 0.387. The van der Waals surface area contributed by atoms with E-state index in [0.29, 0.717) is 22.6 Å². The van der Waals surface area contributed by atoms with Crippen molar-refractivity contribution in [3.8, 4) is 28.4 Å². The van der Waals surface area contributed by atoms with Gasteiger partial charge in [0.15, 0.2) is 11.6 Å². The fourth-order valence-corrected chi connectivity index (χ4v) is 5.69. The van der Waals surface area contributed by atoms with E-state index >= 15 is 4.39 Å². The molecule has 3 fully saturated rings. The summed E-state index contributed by atoms with van der Waals surface area (Å²) in [5, 5.41) is 19.3. The van der Waals surface area contributed by atoms with Crippen molar-refractivity contribution < 1.29 is 9.50 Å². The monoisotopic (exact) mass is 479 g/mol. The summed E-state index contributed by atoms with van der Waals surface area (Å²) in [4.78, 5) is 23.9. The molecule has 2 saturated heterocycles. The molecule has 2 aliphatic heterocycles. The number of hydrogen-bond acceptors (Lipinski definition) is 8. The van der Waals surface area contributed by atoms with E-state index in [1.54, 1.807) is 25.2 Å². The highest BCUT2D eigenvalue weighted by atomic mass is 19.1. The number of aromatic nitrogens is 5. The van der Waals surface area contributed by atoms with Gasteiger partial charge in [0.25, 0.3) is 0 Å². The summed E-state index contributed by atoms with van der Waals surface area (Å²) >= 11 is 0. The van der Waals surface area contributed by atoms with Crippen molar-refractivity contribution in [2.24, 2.45) is 12.5 Å². The van der Waals surface area contributed by atoms with Crippen LogP contribution in [0.1, 0.15) is 26.7 Å². The fraction of sp³-hybridized carbons (Fsp3) is 0.480. The molecule has 3 aliphatic rings. The summed E-state index contributed by atoms with van der Waals surface area (Å²) in [6.45, 7) is 5.00. The molecule has 1 saturated carbocycles. The summed E-state index contributed by atoms with van der Waals surface area (Å²) in [6.07, 6.45) is 2.18. The van der Waals surface area contributed by atoms with E-state index in [2.05, 4.69) is 32.0 Å². The van der Waals surface area contributed by atoms with E-state index < -0.39 is 17.4 Å². The Bertz CT molecular complexity index is 1330. The average Bonchev–Trinajstić information content (AvgIpc) is 2.83. The number of aromatic hydroxyl groups is 1. The number of fused-ring (bicyclic) bond motifs is 3. The van der Waals surface area contributed by atoms with Gasteiger partial charge in [0.05, 0.1) is 17.3 Å². The molecule has 9 nitrogen and oxygen atoms in total. The molecule has 2 aromatic heterocycles. The van der Waals surface area contributed by atoms with E-state index in [1.807, 2.05) is 32.0 Å². The van der Waals surface area contributed by atoms with E-state index in [0.717, 1.165) is 19.4 Å². The Morgan fingerprint density at radius 3 is 2.54 bits per heavy atom. The van der Waals surface area contributed by atoms with Crippen LogP contribution in [0, 0.1) is 5.41 Å². The average molecular weight is 480 g/mol. The summed E-state index contributed by atoms with van der Waals surface area (Å²) in [6, 6.07) is 8.18. The van der Waals surface area contributed by atoms with Gasteiger partial charge in [-0.3, -0.25) is 9.47 Å². The van der Waals surface area contributed by atoms with Gasteiger partial charge < -0.3 is 10.0 Å². The Labute approximate surface area is 203 Å². The molecule has 2 bridgehead atoms. The van der Waals surface area contributed by atoms with Gasteiger partial charge >= 0.3 is 5.69 Å². The second-order valence-electron chi connectivity index (χ2n) is 10.4. The maximum absolute atomic E-state index is 15.8. The number of alkyl halides is 1. The Kier molecular flexibility index (Phi) is 5.39. The second-order valence-corrected chi connectivity index (χ2v) is 10.4. The standard InChI is InChI=1S/C25H30FN7O2/c1-24-10-11-25(2,32(4)13-24)20(26)21(24)33(5)19-9-8-17(29-30-19)16-7-6-15(12-18(16)34)22-27-14-31(3)23(35)28-22/h6-9,12,14,20-21,34H,10-11,13H2,1-5H3/t20-,21+,24-,25-/m1/s1. The third kappa shape index (κ3) is 3.67. The SMILES string of the molecule is CN(c1ccc(-c2ccc(-c3ncn(C)c(=O)n3)cc2O)nn1)[C@H]1[C@@H](F)[C@@]2(C)CC[C@]1(C)CN2C. The third-order valence-electron chi connectivity index (χ3n) is 8.08. The second kappa shape index (κ2) is 8.08. The Morgan fingerprint density at radius 1 is 1.14 bits per heavy atom. The number of halogens is 1. The highest BCUT2D eigenvalue weighted by molar-refractivity contribution is 5.72. The van der Waals surface area contributed by atoms with Crippen molar-refractivity contribution >= 4 is 5.82 Å². The van der Waals surface area contributed by atoms with E-state index in [-0.39, 0.29) is 23.0 Å². The molecule has 4 heterocycles. The number of anilines is 1. The number of aryl methyl sites for hydroxylation is 1. The minimum Gasteiger partial charge on any atom is -0.507 e. The lowest BCUT2D eigenvalue weighted by molar-refractivity contribution is -0.123. The number of phenolic OH excluding ortho intramolecular Hbond substituents is 1. The first-order chi connectivity index (χ1) is 16.5. The molecular weight excluding hydrogens is 449 g/mol. The molecule has 0 amide bonds. The molecule has 184 valence electrons. The molecule has 1 N–H and O–H groups in total. The van der Waals surface area contributed by atoms with Crippen molar-refractivity contribution in [1.29, 1.82) is 0 Å². The van der Waals surface area contributed by atoms with Gasteiger partial charge in [-0.2, -0.15) is 4.98 Å². The molecule has 6 rings (SSSR count). The van der Waals surface area contributed by atoms with Gasteiger partial charge in [0, 0.05) is 37.2 Å². The highest BCUT2D eigenvalue weighted by Gasteiger charge is 2.61. The Balaban J connectivity index is 1.40. The number of benzene rings is 1. The topological polar surface area (TPSA) is 100 Å². The minimum absolute atomic E-state index is 0.0286. The lowest BCUT2D eigenvalue weighted by atomic mass is 9.59. The number of rotatable bonds is 4. The zero-order chi connectivity index (χ0) is 25.1. The quantitative estimate of drug-likeness (QED) is 0.610. The number of piperidine rings is 2. The third-order valence-corrected chi connectivity index (χ3v) is 8.08. The van der Waals surface area contributed by atoms with Crippen LogP contribution in [-0.2, 0) is 7.05 Å². The predicted molar refractivity (Wildman–Crippen MR) is 131 cm³/mol. The van der Waals surface area contributed by atoms with Crippen LogP contribution >= 0.6 is 0 Å². The van der Waals surface area contributed by atoms with Gasteiger partial charge in [-0.1, -0.05) is 13.0 Å². The van der Waals surface area contributed by atoms with Crippen LogP contribution in [0.15, 0.2) is 41.5 Å². The molecular formula is C25H30FN7O2. The molecule has 4 atom stereocenters. The lowest BCUT2D eigenvalue weighted by Crippen LogP contribution is -2.74. The molecule has 0 radical (unpaired) electrons. The summed E-state index contributed by atoms with van der Waals surface area (Å²) in [7, 11) is 5.46. The van der Waals surface area contributed by atoms with E-state index in [4.69, 9.17) is 0 Å². The van der Waals surface area contributed by atoms with Crippen LogP contribution in [0.2, 0.25) is 0 Å². The van der Waals surface area contributed by atoms with Crippen LogP contribution in [0.5, 0.6) is 5.75 Å². The molecule has 0 spiro atoms. The first kappa shape index (κ1) is 23.3. The predicted octanol–water partition coefficient (Wildman–Crippen LogP) is 2.65. The first-order valence-corrected chi connectivity index (χ1v) is 11.7. The highest BCUT2D eigenvalue weighted by Crippen LogP contribution is 2.52.